The van der Waals surface area contributed by atoms with Crippen LogP contribution in [0.4, 0.5) is 18.0 Å². The van der Waals surface area contributed by atoms with Crippen molar-refractivity contribution < 1.29 is 27.5 Å². The van der Waals surface area contributed by atoms with E-state index in [1.807, 2.05) is 18.2 Å². The number of alkyl halides is 3. The fraction of sp³-hybridized carbons (Fsp3) is 0.579. The smallest absolute Gasteiger partial charge is 0.389 e. The van der Waals surface area contributed by atoms with E-state index in [1.165, 1.54) is 4.90 Å². The van der Waals surface area contributed by atoms with Crippen molar-refractivity contribution in [1.82, 2.24) is 15.1 Å². The van der Waals surface area contributed by atoms with Crippen LogP contribution in [-0.2, 0) is 17.9 Å². The molecule has 0 radical (unpaired) electrons. The van der Waals surface area contributed by atoms with Crippen molar-refractivity contribution in [1.29, 1.82) is 0 Å². The van der Waals surface area contributed by atoms with E-state index in [2.05, 4.69) is 5.32 Å². The summed E-state index contributed by atoms with van der Waals surface area (Å²) in [5.74, 6) is 0.221. The summed E-state index contributed by atoms with van der Waals surface area (Å²) >= 11 is 0. The monoisotopic (exact) mass is 399 g/mol. The maximum Gasteiger partial charge on any atom is 0.389 e. The molecule has 3 amide bonds. The zero-order chi connectivity index (χ0) is 20.3. The fourth-order valence-corrected chi connectivity index (χ4v) is 3.64. The predicted octanol–water partition coefficient (Wildman–Crippen LogP) is 3.05. The Kier molecular flexibility index (Phi) is 6.00. The summed E-state index contributed by atoms with van der Waals surface area (Å²) in [7, 11) is 1.59. The van der Waals surface area contributed by atoms with E-state index in [0.717, 1.165) is 16.9 Å². The number of fused-ring (bicyclic) bond motifs is 1. The number of ether oxygens (including phenoxy) is 1. The second kappa shape index (κ2) is 8.28. The van der Waals surface area contributed by atoms with Gasteiger partial charge in [0.1, 0.15) is 5.75 Å². The van der Waals surface area contributed by atoms with Gasteiger partial charge < -0.3 is 19.9 Å². The summed E-state index contributed by atoms with van der Waals surface area (Å²) in [5.41, 5.74) is 2.09. The summed E-state index contributed by atoms with van der Waals surface area (Å²) in [6.45, 7) is 1.64. The number of carbonyl (C=O) groups is 2. The standard InChI is InChI=1S/C19H24F3N3O3/c1-28-16-5-4-13-10-25(11-14(13)9-16)18(27)23-15-3-2-8-24(12-15)17(26)6-7-19(20,21)22/h4-5,9,15H,2-3,6-8,10-12H2,1H3,(H,23,27)/t15-/m1/s1. The third-order valence-electron chi connectivity index (χ3n) is 5.15. The first kappa shape index (κ1) is 20.3. The second-order valence-corrected chi connectivity index (χ2v) is 7.23. The van der Waals surface area contributed by atoms with E-state index in [0.29, 0.717) is 32.5 Å². The lowest BCUT2D eigenvalue weighted by Crippen LogP contribution is -2.52. The average Bonchev–Trinajstić information content (AvgIpc) is 3.09. The van der Waals surface area contributed by atoms with E-state index in [4.69, 9.17) is 4.74 Å². The van der Waals surface area contributed by atoms with Crippen molar-refractivity contribution in [2.24, 2.45) is 0 Å². The first-order chi connectivity index (χ1) is 13.2. The van der Waals surface area contributed by atoms with Gasteiger partial charge in [0.15, 0.2) is 0 Å². The molecule has 154 valence electrons. The molecule has 1 N–H and O–H groups in total. The Balaban J connectivity index is 1.51. The Labute approximate surface area is 161 Å². The van der Waals surface area contributed by atoms with Crippen molar-refractivity contribution in [3.05, 3.63) is 29.3 Å². The van der Waals surface area contributed by atoms with Gasteiger partial charge in [-0.2, -0.15) is 13.2 Å². The summed E-state index contributed by atoms with van der Waals surface area (Å²) in [5, 5.41) is 2.92. The quantitative estimate of drug-likeness (QED) is 0.847. The van der Waals surface area contributed by atoms with Gasteiger partial charge in [-0.25, -0.2) is 4.79 Å². The SMILES string of the molecule is COc1ccc2c(c1)CN(C(=O)N[C@@H]1CCCN(C(=O)CCC(F)(F)F)C1)C2. The maximum absolute atomic E-state index is 12.6. The molecule has 2 heterocycles. The molecule has 0 aromatic heterocycles. The number of rotatable bonds is 4. The van der Waals surface area contributed by atoms with Gasteiger partial charge in [0.05, 0.1) is 13.5 Å². The zero-order valence-corrected chi connectivity index (χ0v) is 15.7. The van der Waals surface area contributed by atoms with Crippen LogP contribution < -0.4 is 10.1 Å². The van der Waals surface area contributed by atoms with Crippen molar-refractivity contribution >= 4 is 11.9 Å². The summed E-state index contributed by atoms with van der Waals surface area (Å²) in [6, 6.07) is 5.21. The average molecular weight is 399 g/mol. The van der Waals surface area contributed by atoms with E-state index in [1.54, 1.807) is 12.0 Å². The highest BCUT2D eigenvalue weighted by atomic mass is 19.4. The number of carbonyl (C=O) groups excluding carboxylic acids is 2. The molecular formula is C19H24F3N3O3. The Bertz CT molecular complexity index is 739. The predicted molar refractivity (Wildman–Crippen MR) is 95.7 cm³/mol. The molecular weight excluding hydrogens is 375 g/mol. The van der Waals surface area contributed by atoms with Gasteiger partial charge in [0, 0.05) is 38.6 Å². The highest BCUT2D eigenvalue weighted by Gasteiger charge is 2.32. The molecule has 0 bridgehead atoms. The Morgan fingerprint density at radius 2 is 1.96 bits per heavy atom. The molecule has 0 saturated carbocycles. The number of benzene rings is 1. The van der Waals surface area contributed by atoms with Crippen LogP contribution in [0.1, 0.15) is 36.8 Å². The third kappa shape index (κ3) is 5.08. The molecule has 2 aliphatic heterocycles. The lowest BCUT2D eigenvalue weighted by atomic mass is 10.1. The lowest BCUT2D eigenvalue weighted by Gasteiger charge is -2.34. The Morgan fingerprint density at radius 1 is 1.21 bits per heavy atom. The number of hydrogen-bond donors (Lipinski definition) is 1. The summed E-state index contributed by atoms with van der Waals surface area (Å²) in [6.07, 6.45) is -4.65. The van der Waals surface area contributed by atoms with Crippen LogP contribution >= 0.6 is 0 Å². The molecule has 1 aromatic carbocycles. The van der Waals surface area contributed by atoms with Crippen molar-refractivity contribution in [3.63, 3.8) is 0 Å². The van der Waals surface area contributed by atoms with Crippen LogP contribution in [0, 0.1) is 0 Å². The van der Waals surface area contributed by atoms with E-state index < -0.39 is 24.9 Å². The van der Waals surface area contributed by atoms with Crippen LogP contribution in [0.3, 0.4) is 0 Å². The number of methoxy groups -OCH3 is 1. The first-order valence-electron chi connectivity index (χ1n) is 9.31. The molecule has 9 heteroatoms. The van der Waals surface area contributed by atoms with Crippen LogP contribution in [0.2, 0.25) is 0 Å². The molecule has 1 saturated heterocycles. The van der Waals surface area contributed by atoms with E-state index in [-0.39, 0.29) is 18.6 Å². The molecule has 1 fully saturated rings. The molecule has 6 nitrogen and oxygen atoms in total. The van der Waals surface area contributed by atoms with Crippen LogP contribution in [0.25, 0.3) is 0 Å². The zero-order valence-electron chi connectivity index (χ0n) is 15.7. The maximum atomic E-state index is 12.6. The lowest BCUT2D eigenvalue weighted by molar-refractivity contribution is -0.149. The van der Waals surface area contributed by atoms with Gasteiger partial charge in [-0.1, -0.05) is 6.07 Å². The minimum absolute atomic E-state index is 0.232. The number of likely N-dealkylation sites (tertiary alicyclic amines) is 1. The normalized spacial score (nSPS) is 19.4. The number of nitrogens with zero attached hydrogens (tertiary/aromatic N) is 2. The highest BCUT2D eigenvalue weighted by molar-refractivity contribution is 5.77. The minimum Gasteiger partial charge on any atom is -0.497 e. The molecule has 1 aromatic rings. The number of hydrogen-bond acceptors (Lipinski definition) is 3. The number of piperidine rings is 1. The van der Waals surface area contributed by atoms with Gasteiger partial charge in [-0.05, 0) is 36.1 Å². The Morgan fingerprint density at radius 3 is 2.68 bits per heavy atom. The van der Waals surface area contributed by atoms with Gasteiger partial charge in [0.2, 0.25) is 5.91 Å². The van der Waals surface area contributed by atoms with Crippen LogP contribution in [0.15, 0.2) is 18.2 Å². The number of halogens is 3. The molecule has 2 aliphatic rings. The van der Waals surface area contributed by atoms with Gasteiger partial charge >= 0.3 is 12.2 Å². The second-order valence-electron chi connectivity index (χ2n) is 7.23. The molecule has 0 unspecified atom stereocenters. The molecule has 3 rings (SSSR count). The van der Waals surface area contributed by atoms with Crippen molar-refractivity contribution in [3.8, 4) is 5.75 Å². The molecule has 1 atom stereocenters. The molecule has 28 heavy (non-hydrogen) atoms. The van der Waals surface area contributed by atoms with E-state index in [9.17, 15) is 22.8 Å². The first-order valence-corrected chi connectivity index (χ1v) is 9.31. The summed E-state index contributed by atoms with van der Waals surface area (Å²) in [4.78, 5) is 27.7. The van der Waals surface area contributed by atoms with Gasteiger partial charge in [0.25, 0.3) is 0 Å². The highest BCUT2D eigenvalue weighted by Crippen LogP contribution is 2.27. The number of amides is 3. The minimum atomic E-state index is -4.34. The number of nitrogens with one attached hydrogen (secondary N) is 1. The largest absolute Gasteiger partial charge is 0.497 e. The van der Waals surface area contributed by atoms with Gasteiger partial charge in [-0.15, -0.1) is 0 Å². The summed E-state index contributed by atoms with van der Waals surface area (Å²) < 4.78 is 42.2. The fourth-order valence-electron chi connectivity index (χ4n) is 3.64. The molecule has 0 aliphatic carbocycles. The van der Waals surface area contributed by atoms with Crippen LogP contribution in [0.5, 0.6) is 5.75 Å². The number of urea groups is 1. The Hall–Kier alpha value is -2.45. The van der Waals surface area contributed by atoms with Crippen LogP contribution in [-0.4, -0.2) is 54.2 Å². The molecule has 0 spiro atoms. The van der Waals surface area contributed by atoms with E-state index >= 15 is 0 Å². The third-order valence-corrected chi connectivity index (χ3v) is 5.15. The van der Waals surface area contributed by atoms with Crippen molar-refractivity contribution in [2.75, 3.05) is 20.2 Å². The topological polar surface area (TPSA) is 61.9 Å². The van der Waals surface area contributed by atoms with Gasteiger partial charge in [-0.3, -0.25) is 4.79 Å². The van der Waals surface area contributed by atoms with Crippen molar-refractivity contribution in [2.45, 2.75) is 51.0 Å².